The largest absolute Gasteiger partial charge is 0.508 e. The van der Waals surface area contributed by atoms with Crippen molar-refractivity contribution in [2.75, 3.05) is 7.11 Å². The van der Waals surface area contributed by atoms with Gasteiger partial charge in [0.05, 0.1) is 13.2 Å². The predicted molar refractivity (Wildman–Crippen MR) is 72.3 cm³/mol. The quantitative estimate of drug-likeness (QED) is 0.902. The predicted octanol–water partition coefficient (Wildman–Crippen LogP) is 2.93. The van der Waals surface area contributed by atoms with Gasteiger partial charge >= 0.3 is 0 Å². The highest BCUT2D eigenvalue weighted by Gasteiger charge is 2.15. The summed E-state index contributed by atoms with van der Waals surface area (Å²) in [6, 6.07) is 8.72. The highest BCUT2D eigenvalue weighted by molar-refractivity contribution is 7.10. The number of phenols is 1. The van der Waals surface area contributed by atoms with Gasteiger partial charge < -0.3 is 15.6 Å². The number of benzene rings is 1. The maximum Gasteiger partial charge on any atom is 0.127 e. The van der Waals surface area contributed by atoms with E-state index in [1.807, 2.05) is 17.5 Å². The van der Waals surface area contributed by atoms with Gasteiger partial charge in [-0.25, -0.2) is 0 Å². The highest BCUT2D eigenvalue weighted by Crippen LogP contribution is 2.32. The summed E-state index contributed by atoms with van der Waals surface area (Å²) in [6.07, 6.45) is 0. The van der Waals surface area contributed by atoms with Gasteiger partial charge in [-0.2, -0.15) is 0 Å². The Hall–Kier alpha value is -1.23. The van der Waals surface area contributed by atoms with E-state index in [-0.39, 0.29) is 24.2 Å². The molecule has 0 unspecified atom stereocenters. The standard InChI is InChI=1S/C12H13NO2S.ClH/c1-15-10-7-8(14)4-5-9(10)12(13)11-3-2-6-16-11;/h2-7,12,14H,13H2,1H3;1H/t12-;/m1./s1. The molecular formula is C12H14ClNO2S. The fraction of sp³-hybridized carbons (Fsp3) is 0.167. The molecule has 1 atom stereocenters. The van der Waals surface area contributed by atoms with Gasteiger partial charge in [-0.3, -0.25) is 0 Å². The Bertz CT molecular complexity index is 473. The number of halogens is 1. The number of rotatable bonds is 3. The van der Waals surface area contributed by atoms with Crippen LogP contribution in [0.25, 0.3) is 0 Å². The second-order valence-corrected chi connectivity index (χ2v) is 4.40. The summed E-state index contributed by atoms with van der Waals surface area (Å²) >= 11 is 1.61. The summed E-state index contributed by atoms with van der Waals surface area (Å²) in [5.41, 5.74) is 7.01. The Morgan fingerprint density at radius 2 is 2.12 bits per heavy atom. The minimum absolute atomic E-state index is 0. The van der Waals surface area contributed by atoms with Crippen LogP contribution in [0, 0.1) is 0 Å². The lowest BCUT2D eigenvalue weighted by atomic mass is 10.0. The maximum absolute atomic E-state index is 9.36. The van der Waals surface area contributed by atoms with Gasteiger partial charge in [0, 0.05) is 16.5 Å². The van der Waals surface area contributed by atoms with E-state index >= 15 is 0 Å². The third kappa shape index (κ3) is 2.91. The molecule has 5 heteroatoms. The molecule has 0 aliphatic rings. The molecule has 3 nitrogen and oxygen atoms in total. The molecule has 1 aromatic carbocycles. The van der Waals surface area contributed by atoms with Gasteiger partial charge in [0.2, 0.25) is 0 Å². The first kappa shape index (κ1) is 13.8. The first-order chi connectivity index (χ1) is 7.72. The van der Waals surface area contributed by atoms with Crippen molar-refractivity contribution in [2.45, 2.75) is 6.04 Å². The molecule has 0 radical (unpaired) electrons. The lowest BCUT2D eigenvalue weighted by Crippen LogP contribution is -2.11. The van der Waals surface area contributed by atoms with Crippen molar-refractivity contribution in [1.82, 2.24) is 0 Å². The number of phenolic OH excluding ortho intramolecular Hbond substituents is 1. The van der Waals surface area contributed by atoms with Gasteiger partial charge in [-0.15, -0.1) is 23.7 Å². The number of methoxy groups -OCH3 is 1. The maximum atomic E-state index is 9.36. The smallest absolute Gasteiger partial charge is 0.127 e. The summed E-state index contributed by atoms with van der Waals surface area (Å²) in [5.74, 6) is 0.792. The van der Waals surface area contributed by atoms with Crippen LogP contribution in [-0.2, 0) is 0 Å². The molecule has 17 heavy (non-hydrogen) atoms. The minimum atomic E-state index is -0.212. The molecule has 2 aromatic rings. The van der Waals surface area contributed by atoms with Gasteiger partial charge in [-0.1, -0.05) is 6.07 Å². The average Bonchev–Trinajstić information content (AvgIpc) is 2.81. The lowest BCUT2D eigenvalue weighted by Gasteiger charge is -2.14. The molecule has 2 rings (SSSR count). The summed E-state index contributed by atoms with van der Waals surface area (Å²) in [5, 5.41) is 11.4. The third-order valence-corrected chi connectivity index (χ3v) is 3.36. The van der Waals surface area contributed by atoms with E-state index in [0.29, 0.717) is 5.75 Å². The first-order valence-electron chi connectivity index (χ1n) is 4.88. The third-order valence-electron chi connectivity index (χ3n) is 2.40. The fourth-order valence-electron chi connectivity index (χ4n) is 1.58. The van der Waals surface area contributed by atoms with Gasteiger partial charge in [0.1, 0.15) is 11.5 Å². The minimum Gasteiger partial charge on any atom is -0.508 e. The van der Waals surface area contributed by atoms with Gasteiger partial charge in [-0.05, 0) is 23.6 Å². The molecule has 1 heterocycles. The summed E-state index contributed by atoms with van der Waals surface area (Å²) in [7, 11) is 1.57. The number of hydrogen-bond donors (Lipinski definition) is 2. The van der Waals surface area contributed by atoms with Crippen LogP contribution in [0.2, 0.25) is 0 Å². The zero-order valence-electron chi connectivity index (χ0n) is 9.29. The van der Waals surface area contributed by atoms with E-state index in [2.05, 4.69) is 0 Å². The monoisotopic (exact) mass is 271 g/mol. The van der Waals surface area contributed by atoms with Crippen LogP contribution < -0.4 is 10.5 Å². The molecular weight excluding hydrogens is 258 g/mol. The van der Waals surface area contributed by atoms with Crippen molar-refractivity contribution in [2.24, 2.45) is 5.73 Å². The Morgan fingerprint density at radius 1 is 1.35 bits per heavy atom. The molecule has 3 N–H and O–H groups in total. The number of ether oxygens (including phenoxy) is 1. The fourth-order valence-corrected chi connectivity index (χ4v) is 2.32. The van der Waals surface area contributed by atoms with Crippen molar-refractivity contribution >= 4 is 23.7 Å². The molecule has 1 aromatic heterocycles. The number of aromatic hydroxyl groups is 1. The number of nitrogens with two attached hydrogens (primary N) is 1. The van der Waals surface area contributed by atoms with Crippen molar-refractivity contribution < 1.29 is 9.84 Å². The van der Waals surface area contributed by atoms with Crippen molar-refractivity contribution in [3.8, 4) is 11.5 Å². The van der Waals surface area contributed by atoms with Crippen LogP contribution in [0.4, 0.5) is 0 Å². The average molecular weight is 272 g/mol. The normalized spacial score (nSPS) is 11.6. The zero-order chi connectivity index (χ0) is 11.5. The molecule has 92 valence electrons. The van der Waals surface area contributed by atoms with Crippen LogP contribution in [-0.4, -0.2) is 12.2 Å². The van der Waals surface area contributed by atoms with Crippen LogP contribution >= 0.6 is 23.7 Å². The van der Waals surface area contributed by atoms with Gasteiger partial charge in [0.15, 0.2) is 0 Å². The Morgan fingerprint density at radius 3 is 2.71 bits per heavy atom. The van der Waals surface area contributed by atoms with Crippen molar-refractivity contribution in [1.29, 1.82) is 0 Å². The summed E-state index contributed by atoms with van der Waals surface area (Å²) in [4.78, 5) is 1.07. The van der Waals surface area contributed by atoms with Crippen LogP contribution in [0.1, 0.15) is 16.5 Å². The van der Waals surface area contributed by atoms with Crippen molar-refractivity contribution in [3.05, 3.63) is 46.2 Å². The molecule has 0 amide bonds. The van der Waals surface area contributed by atoms with E-state index in [9.17, 15) is 5.11 Å². The molecule has 0 bridgehead atoms. The number of hydrogen-bond acceptors (Lipinski definition) is 4. The molecule has 0 saturated carbocycles. The summed E-state index contributed by atoms with van der Waals surface area (Å²) in [6.45, 7) is 0. The van der Waals surface area contributed by atoms with Gasteiger partial charge in [0.25, 0.3) is 0 Å². The molecule has 0 aliphatic carbocycles. The Balaban J connectivity index is 0.00000144. The number of thiophene rings is 1. The Labute approximate surface area is 110 Å². The van der Waals surface area contributed by atoms with Crippen molar-refractivity contribution in [3.63, 3.8) is 0 Å². The SMILES string of the molecule is COc1cc(O)ccc1[C@@H](N)c1cccs1.Cl. The highest BCUT2D eigenvalue weighted by atomic mass is 35.5. The molecule has 0 fully saturated rings. The Kier molecular flexibility index (Phi) is 4.81. The van der Waals surface area contributed by atoms with E-state index in [1.54, 1.807) is 36.6 Å². The van der Waals surface area contributed by atoms with E-state index < -0.39 is 0 Å². The summed E-state index contributed by atoms with van der Waals surface area (Å²) < 4.78 is 5.21. The second kappa shape index (κ2) is 5.91. The van der Waals surface area contributed by atoms with E-state index in [1.165, 1.54) is 0 Å². The lowest BCUT2D eigenvalue weighted by molar-refractivity contribution is 0.401. The van der Waals surface area contributed by atoms with Crippen LogP contribution in [0.15, 0.2) is 35.7 Å². The van der Waals surface area contributed by atoms with E-state index in [4.69, 9.17) is 10.5 Å². The second-order valence-electron chi connectivity index (χ2n) is 3.42. The zero-order valence-corrected chi connectivity index (χ0v) is 10.9. The molecule has 0 spiro atoms. The molecule has 0 aliphatic heterocycles. The van der Waals surface area contributed by atoms with Crippen LogP contribution in [0.5, 0.6) is 11.5 Å². The topological polar surface area (TPSA) is 55.5 Å². The first-order valence-corrected chi connectivity index (χ1v) is 5.76. The molecule has 0 saturated heterocycles. The van der Waals surface area contributed by atoms with E-state index in [0.717, 1.165) is 10.4 Å². The van der Waals surface area contributed by atoms with Crippen LogP contribution in [0.3, 0.4) is 0 Å².